The second-order valence-corrected chi connectivity index (χ2v) is 6.05. The van der Waals surface area contributed by atoms with E-state index >= 15 is 0 Å². The predicted octanol–water partition coefficient (Wildman–Crippen LogP) is 2.26. The van der Waals surface area contributed by atoms with E-state index in [2.05, 4.69) is 11.1 Å². The number of nitriles is 2. The molecule has 25 heavy (non-hydrogen) atoms. The number of hydrogen-bond acceptors (Lipinski definition) is 8. The lowest BCUT2D eigenvalue weighted by Gasteiger charge is -2.14. The highest BCUT2D eigenvalue weighted by Gasteiger charge is 2.21. The van der Waals surface area contributed by atoms with E-state index in [4.69, 9.17) is 15.6 Å². The number of phenolic OH excluding ortho intramolecular Hbond substituents is 1. The van der Waals surface area contributed by atoms with Crippen LogP contribution in [0.2, 0.25) is 0 Å². The number of nitrogen functional groups attached to an aromatic ring is 1. The fourth-order valence-corrected chi connectivity index (χ4v) is 3.18. The monoisotopic (exact) mass is 356 g/mol. The molecule has 2 aromatic rings. The summed E-state index contributed by atoms with van der Waals surface area (Å²) in [6.07, 6.45) is 0.541. The van der Waals surface area contributed by atoms with Crippen molar-refractivity contribution >= 4 is 17.6 Å². The molecular weight excluding hydrogens is 340 g/mol. The molecule has 0 atom stereocenters. The Kier molecular flexibility index (Phi) is 6.07. The zero-order valence-corrected chi connectivity index (χ0v) is 14.3. The molecule has 0 unspecified atom stereocenters. The van der Waals surface area contributed by atoms with E-state index in [0.717, 1.165) is 0 Å². The van der Waals surface area contributed by atoms with E-state index in [1.807, 2.05) is 6.07 Å². The first kappa shape index (κ1) is 18.4. The number of aliphatic hydroxyl groups excluding tert-OH is 1. The average molecular weight is 356 g/mol. The van der Waals surface area contributed by atoms with Crippen LogP contribution < -0.4 is 10.5 Å². The minimum absolute atomic E-state index is 0.0232. The van der Waals surface area contributed by atoms with E-state index in [1.54, 1.807) is 6.07 Å². The fourth-order valence-electron chi connectivity index (χ4n) is 2.26. The maximum absolute atomic E-state index is 9.77. The Hall–Kier alpha value is -2.94. The minimum Gasteiger partial charge on any atom is -0.504 e. The van der Waals surface area contributed by atoms with Crippen LogP contribution in [0.4, 0.5) is 5.82 Å². The standard InChI is InChI=1S/C17H16N4O3S/c1-24-14-7-10(3-4-13(14)23)15-11(8-18)16(20)21-17(12(15)9-19)25-6-2-5-22/h3-4,7,22-23H,2,5-6H2,1H3,(H2,20,21). The normalized spacial score (nSPS) is 10.1. The molecule has 0 saturated heterocycles. The number of rotatable bonds is 6. The number of aliphatic hydroxyl groups is 1. The van der Waals surface area contributed by atoms with Crippen LogP contribution in [-0.4, -0.2) is 34.7 Å². The SMILES string of the molecule is COc1cc(-c2c(C#N)c(N)nc(SCCCO)c2C#N)ccc1O. The highest BCUT2D eigenvalue weighted by Crippen LogP contribution is 2.38. The lowest BCUT2D eigenvalue weighted by Crippen LogP contribution is -2.04. The third kappa shape index (κ3) is 3.77. The number of thioether (sulfide) groups is 1. The molecule has 1 aromatic heterocycles. The number of anilines is 1. The first-order chi connectivity index (χ1) is 12.1. The quantitative estimate of drug-likeness (QED) is 0.529. The molecule has 2 rings (SSSR count). The number of benzene rings is 1. The summed E-state index contributed by atoms with van der Waals surface area (Å²) >= 11 is 1.29. The Balaban J connectivity index is 2.70. The molecule has 0 aliphatic carbocycles. The molecular formula is C17H16N4O3S. The Morgan fingerprint density at radius 1 is 1.28 bits per heavy atom. The highest BCUT2D eigenvalue weighted by atomic mass is 32.2. The van der Waals surface area contributed by atoms with Crippen LogP contribution >= 0.6 is 11.8 Å². The van der Waals surface area contributed by atoms with Crippen LogP contribution in [0.1, 0.15) is 17.5 Å². The van der Waals surface area contributed by atoms with Crippen molar-refractivity contribution in [2.45, 2.75) is 11.4 Å². The molecule has 1 heterocycles. The van der Waals surface area contributed by atoms with Gasteiger partial charge in [0.05, 0.1) is 12.7 Å². The van der Waals surface area contributed by atoms with Crippen LogP contribution in [0.25, 0.3) is 11.1 Å². The number of nitrogens with two attached hydrogens (primary N) is 1. The number of phenols is 1. The zero-order chi connectivity index (χ0) is 18.4. The summed E-state index contributed by atoms with van der Waals surface area (Å²) in [6.45, 7) is 0.0304. The summed E-state index contributed by atoms with van der Waals surface area (Å²) in [6, 6.07) is 8.62. The highest BCUT2D eigenvalue weighted by molar-refractivity contribution is 7.99. The number of nitrogens with zero attached hydrogens (tertiary/aromatic N) is 3. The van der Waals surface area contributed by atoms with Gasteiger partial charge in [-0.15, -0.1) is 11.8 Å². The van der Waals surface area contributed by atoms with Crippen molar-refractivity contribution in [2.75, 3.05) is 25.2 Å². The largest absolute Gasteiger partial charge is 0.504 e. The third-order valence-corrected chi connectivity index (χ3v) is 4.49. The van der Waals surface area contributed by atoms with Gasteiger partial charge in [0.1, 0.15) is 28.5 Å². The molecule has 8 heteroatoms. The molecule has 0 aliphatic rings. The number of ether oxygens (including phenoxy) is 1. The van der Waals surface area contributed by atoms with Crippen LogP contribution in [-0.2, 0) is 0 Å². The van der Waals surface area contributed by atoms with Crippen molar-refractivity contribution in [1.82, 2.24) is 4.98 Å². The first-order valence-corrected chi connectivity index (χ1v) is 8.30. The molecule has 0 spiro atoms. The Labute approximate surface area is 149 Å². The number of aromatic hydroxyl groups is 1. The molecule has 4 N–H and O–H groups in total. The zero-order valence-electron chi connectivity index (χ0n) is 13.5. The maximum atomic E-state index is 9.77. The van der Waals surface area contributed by atoms with Crippen LogP contribution in [0.3, 0.4) is 0 Å². The van der Waals surface area contributed by atoms with Gasteiger partial charge < -0.3 is 20.7 Å². The van der Waals surface area contributed by atoms with Gasteiger partial charge in [-0.2, -0.15) is 10.5 Å². The van der Waals surface area contributed by atoms with Gasteiger partial charge in [-0.05, 0) is 24.1 Å². The molecule has 0 bridgehead atoms. The average Bonchev–Trinajstić information content (AvgIpc) is 2.62. The number of hydrogen-bond donors (Lipinski definition) is 3. The smallest absolute Gasteiger partial charge is 0.161 e. The van der Waals surface area contributed by atoms with Crippen molar-refractivity contribution in [3.63, 3.8) is 0 Å². The molecule has 0 amide bonds. The maximum Gasteiger partial charge on any atom is 0.161 e. The molecule has 0 saturated carbocycles. The Morgan fingerprint density at radius 2 is 2.00 bits per heavy atom. The summed E-state index contributed by atoms with van der Waals surface area (Å²) < 4.78 is 5.10. The van der Waals surface area contributed by atoms with Crippen molar-refractivity contribution in [3.8, 4) is 34.8 Å². The van der Waals surface area contributed by atoms with Gasteiger partial charge in [0.15, 0.2) is 11.5 Å². The van der Waals surface area contributed by atoms with Crippen LogP contribution in [0.15, 0.2) is 23.2 Å². The summed E-state index contributed by atoms with van der Waals surface area (Å²) in [4.78, 5) is 4.17. The number of pyridine rings is 1. The fraction of sp³-hybridized carbons (Fsp3) is 0.235. The van der Waals surface area contributed by atoms with Crippen molar-refractivity contribution in [2.24, 2.45) is 0 Å². The lowest BCUT2D eigenvalue weighted by molar-refractivity contribution is 0.296. The summed E-state index contributed by atoms with van der Waals surface area (Å²) in [5, 5.41) is 38.2. The summed E-state index contributed by atoms with van der Waals surface area (Å²) in [5.74, 6) is 0.745. The van der Waals surface area contributed by atoms with Crippen molar-refractivity contribution < 1.29 is 14.9 Å². The van der Waals surface area contributed by atoms with Crippen LogP contribution in [0, 0.1) is 22.7 Å². The van der Waals surface area contributed by atoms with E-state index in [1.165, 1.54) is 31.0 Å². The van der Waals surface area contributed by atoms with Gasteiger partial charge in [-0.1, -0.05) is 6.07 Å². The van der Waals surface area contributed by atoms with Crippen molar-refractivity contribution in [3.05, 3.63) is 29.3 Å². The minimum atomic E-state index is -0.0529. The van der Waals surface area contributed by atoms with Crippen LogP contribution in [0.5, 0.6) is 11.5 Å². The van der Waals surface area contributed by atoms with E-state index in [0.29, 0.717) is 28.3 Å². The molecule has 0 fully saturated rings. The number of methoxy groups -OCH3 is 1. The Morgan fingerprint density at radius 3 is 2.60 bits per heavy atom. The van der Waals surface area contributed by atoms with Gasteiger partial charge in [0.25, 0.3) is 0 Å². The van der Waals surface area contributed by atoms with Crippen molar-refractivity contribution in [1.29, 1.82) is 10.5 Å². The molecule has 7 nitrogen and oxygen atoms in total. The lowest BCUT2D eigenvalue weighted by atomic mass is 9.96. The Bertz CT molecular complexity index is 872. The van der Waals surface area contributed by atoms with Gasteiger partial charge in [0, 0.05) is 17.9 Å². The third-order valence-electron chi connectivity index (χ3n) is 3.43. The summed E-state index contributed by atoms with van der Waals surface area (Å²) in [7, 11) is 1.41. The second-order valence-electron chi connectivity index (χ2n) is 4.96. The van der Waals surface area contributed by atoms with Gasteiger partial charge in [0.2, 0.25) is 0 Å². The predicted molar refractivity (Wildman–Crippen MR) is 94.2 cm³/mol. The van der Waals surface area contributed by atoms with Gasteiger partial charge in [-0.3, -0.25) is 0 Å². The van der Waals surface area contributed by atoms with E-state index in [-0.39, 0.29) is 35.1 Å². The van der Waals surface area contributed by atoms with E-state index in [9.17, 15) is 15.6 Å². The van der Waals surface area contributed by atoms with Gasteiger partial charge >= 0.3 is 0 Å². The number of aromatic nitrogens is 1. The molecule has 1 aromatic carbocycles. The van der Waals surface area contributed by atoms with E-state index < -0.39 is 0 Å². The molecule has 0 aliphatic heterocycles. The molecule has 0 radical (unpaired) electrons. The molecule has 128 valence electrons. The first-order valence-electron chi connectivity index (χ1n) is 7.32. The topological polar surface area (TPSA) is 136 Å². The van der Waals surface area contributed by atoms with Gasteiger partial charge in [-0.25, -0.2) is 4.98 Å². The second kappa shape index (κ2) is 8.25. The summed E-state index contributed by atoms with van der Waals surface area (Å²) in [5.41, 5.74) is 7.09.